The number of aliphatic carboxylic acids is 4. The summed E-state index contributed by atoms with van der Waals surface area (Å²) < 4.78 is 0. The molecule has 0 aromatic heterocycles. The summed E-state index contributed by atoms with van der Waals surface area (Å²) in [5, 5.41) is 54.6. The Morgan fingerprint density at radius 1 is 0.532 bits per heavy atom. The van der Waals surface area contributed by atoms with Gasteiger partial charge in [0.15, 0.2) is 11.9 Å². The Balaban J connectivity index is 3.48. The highest BCUT2D eigenvalue weighted by atomic mass is 16.4. The number of amides is 8. The SMILES string of the molecule is CC(C)C[C@H](NC(=O)[C@H](CCC(=O)O)NC(=O)[C@H](C)NC(=O)[C@@H](NC(=O)[C@H](CCC(=O)O)NC(=O)[C@H](CCCN=C(N)N)NC(=O)[C@H](CCCN=C(N)N)NC(=O)[C@@H]1CCCN1C(=O)[C@@H](N)CCC(=O)O)C(C)C)C(=O)O. The fourth-order valence-electron chi connectivity index (χ4n) is 7.77. The lowest BCUT2D eigenvalue weighted by Gasteiger charge is -2.29. The van der Waals surface area contributed by atoms with Crippen molar-refractivity contribution in [3.63, 3.8) is 0 Å². The van der Waals surface area contributed by atoms with Gasteiger partial charge in [-0.1, -0.05) is 27.7 Å². The number of carboxylic acids is 4. The second kappa shape index (κ2) is 33.9. The van der Waals surface area contributed by atoms with Crippen LogP contribution in [0.3, 0.4) is 0 Å². The van der Waals surface area contributed by atoms with E-state index in [1.807, 2.05) is 0 Å². The van der Waals surface area contributed by atoms with Gasteiger partial charge in [0.1, 0.15) is 48.3 Å². The minimum atomic E-state index is -1.69. The molecule has 21 N–H and O–H groups in total. The maximum Gasteiger partial charge on any atom is 0.326 e. The normalized spacial score (nSPS) is 16.1. The lowest BCUT2D eigenvalue weighted by atomic mass is 10.0. The number of nitrogens with two attached hydrogens (primary N) is 5. The van der Waals surface area contributed by atoms with Crippen molar-refractivity contribution >= 4 is 83.1 Å². The predicted octanol–water partition coefficient (Wildman–Crippen LogP) is -4.79. The predicted molar refractivity (Wildman–Crippen MR) is 274 cm³/mol. The second-order valence-electron chi connectivity index (χ2n) is 19.2. The second-order valence-corrected chi connectivity index (χ2v) is 19.2. The number of carbonyl (C=O) groups is 12. The summed E-state index contributed by atoms with van der Waals surface area (Å²) in [6.07, 6.45) is -2.51. The quantitative estimate of drug-likeness (QED) is 0.0159. The molecule has 31 heteroatoms. The van der Waals surface area contributed by atoms with Crippen LogP contribution in [0.5, 0.6) is 0 Å². The maximum atomic E-state index is 14.2. The zero-order valence-electron chi connectivity index (χ0n) is 44.1. The molecule has 1 rings (SSSR count). The minimum absolute atomic E-state index is 0.00174. The smallest absolute Gasteiger partial charge is 0.326 e. The Hall–Kier alpha value is -7.86. The van der Waals surface area contributed by atoms with Crippen molar-refractivity contribution in [3.05, 3.63) is 0 Å². The Bertz CT molecular complexity index is 2150. The van der Waals surface area contributed by atoms with Gasteiger partial charge < -0.3 is 91.2 Å². The first kappa shape index (κ1) is 67.2. The van der Waals surface area contributed by atoms with Gasteiger partial charge in [-0.25, -0.2) is 4.79 Å². The standard InChI is InChI=1S/C46H79N15O16/c1-22(2)21-30(44(76)77)59-39(71)28(13-16-33(64)65)55-36(68)24(5)54-42(74)35(23(3)4)60-40(72)29(14-17-34(66)67)57-37(69)26(9-6-18-52-45(48)49)56-38(70)27(10-7-19-53-46(50)51)58-41(73)31-11-8-20-61(31)43(75)25(47)12-15-32(62)63/h22-31,35H,6-21,47H2,1-5H3,(H,54,74)(H,55,68)(H,56,70)(H,57,69)(H,58,73)(H,59,71)(H,60,72)(H,62,63)(H,64,65)(H,66,67)(H,76,77)(H4,48,49,52)(H4,50,51,53)/t24-,25-,26-,27-,28-,29-,30-,31-,35-/m0/s1. The number of carboxylic acid groups (broad SMARTS) is 4. The fourth-order valence-corrected chi connectivity index (χ4v) is 7.77. The Morgan fingerprint density at radius 3 is 1.38 bits per heavy atom. The van der Waals surface area contributed by atoms with E-state index >= 15 is 0 Å². The third-order valence-corrected chi connectivity index (χ3v) is 11.9. The first-order chi connectivity index (χ1) is 35.9. The molecule has 0 radical (unpaired) electrons. The molecule has 0 aromatic rings. The molecule has 0 unspecified atom stereocenters. The number of nitrogens with one attached hydrogen (secondary N) is 7. The summed E-state index contributed by atoms with van der Waals surface area (Å²) in [6.45, 7) is 7.73. The highest BCUT2D eigenvalue weighted by Gasteiger charge is 2.39. The molecule has 0 aromatic carbocycles. The molecule has 0 spiro atoms. The van der Waals surface area contributed by atoms with Gasteiger partial charge in [-0.05, 0) is 83.0 Å². The Morgan fingerprint density at radius 2 is 0.948 bits per heavy atom. The number of guanidine groups is 2. The fraction of sp³-hybridized carbons (Fsp3) is 0.696. The number of rotatable bonds is 36. The summed E-state index contributed by atoms with van der Waals surface area (Å²) in [5.41, 5.74) is 27.8. The molecule has 77 heavy (non-hydrogen) atoms. The highest BCUT2D eigenvalue weighted by molar-refractivity contribution is 5.98. The first-order valence-electron chi connectivity index (χ1n) is 25.1. The van der Waals surface area contributed by atoms with Gasteiger partial charge >= 0.3 is 23.9 Å². The van der Waals surface area contributed by atoms with Crippen LogP contribution < -0.4 is 65.9 Å². The van der Waals surface area contributed by atoms with Gasteiger partial charge in [0.05, 0.1) is 6.04 Å². The van der Waals surface area contributed by atoms with Crippen molar-refractivity contribution in [3.8, 4) is 0 Å². The third kappa shape index (κ3) is 26.0. The van der Waals surface area contributed by atoms with E-state index in [9.17, 15) is 72.9 Å². The van der Waals surface area contributed by atoms with Crippen LogP contribution in [0.25, 0.3) is 0 Å². The van der Waals surface area contributed by atoms with Gasteiger partial charge in [-0.3, -0.25) is 62.7 Å². The lowest BCUT2D eigenvalue weighted by Crippen LogP contribution is -2.60. The van der Waals surface area contributed by atoms with E-state index in [1.165, 1.54) is 25.7 Å². The van der Waals surface area contributed by atoms with E-state index in [2.05, 4.69) is 47.2 Å². The molecule has 0 aliphatic carbocycles. The van der Waals surface area contributed by atoms with Crippen LogP contribution in [0.4, 0.5) is 0 Å². The van der Waals surface area contributed by atoms with Crippen LogP contribution in [-0.4, -0.2) is 182 Å². The van der Waals surface area contributed by atoms with Gasteiger partial charge in [0, 0.05) is 38.9 Å². The van der Waals surface area contributed by atoms with E-state index in [-0.39, 0.29) is 82.4 Å². The third-order valence-electron chi connectivity index (χ3n) is 11.9. The molecular formula is C46H79N15O16. The van der Waals surface area contributed by atoms with Crippen LogP contribution in [0.2, 0.25) is 0 Å². The van der Waals surface area contributed by atoms with E-state index in [1.54, 1.807) is 13.8 Å². The molecule has 434 valence electrons. The van der Waals surface area contributed by atoms with Gasteiger partial charge in [0.25, 0.3) is 0 Å². The van der Waals surface area contributed by atoms with Crippen molar-refractivity contribution in [2.75, 3.05) is 19.6 Å². The number of aliphatic imine (C=N–C) groups is 2. The molecule has 1 heterocycles. The zero-order chi connectivity index (χ0) is 58.7. The zero-order valence-corrected chi connectivity index (χ0v) is 44.1. The molecular weight excluding hydrogens is 1020 g/mol. The Labute approximate surface area is 444 Å². The molecule has 1 aliphatic heterocycles. The number of hydrogen-bond donors (Lipinski definition) is 16. The summed E-state index contributed by atoms with van der Waals surface area (Å²) in [6, 6.07) is -12.8. The summed E-state index contributed by atoms with van der Waals surface area (Å²) in [7, 11) is 0. The molecule has 1 aliphatic rings. The van der Waals surface area contributed by atoms with Crippen LogP contribution in [0.1, 0.15) is 118 Å². The molecule has 1 saturated heterocycles. The molecule has 8 amide bonds. The van der Waals surface area contributed by atoms with Gasteiger partial charge in [-0.2, -0.15) is 0 Å². The van der Waals surface area contributed by atoms with Crippen LogP contribution in [0.15, 0.2) is 9.98 Å². The van der Waals surface area contributed by atoms with E-state index in [0.29, 0.717) is 6.42 Å². The average Bonchev–Trinajstić information content (AvgIpc) is 3.83. The van der Waals surface area contributed by atoms with Crippen molar-refractivity contribution in [2.24, 2.45) is 50.5 Å². The van der Waals surface area contributed by atoms with E-state index < -0.39 is 164 Å². The highest BCUT2D eigenvalue weighted by Crippen LogP contribution is 2.20. The van der Waals surface area contributed by atoms with E-state index in [4.69, 9.17) is 33.8 Å². The van der Waals surface area contributed by atoms with Crippen LogP contribution in [-0.2, 0) is 57.5 Å². The molecule has 0 bridgehead atoms. The number of hydrogen-bond acceptors (Lipinski definition) is 15. The molecule has 0 saturated carbocycles. The largest absolute Gasteiger partial charge is 0.481 e. The van der Waals surface area contributed by atoms with E-state index in [0.717, 1.165) is 0 Å². The maximum absolute atomic E-state index is 14.2. The van der Waals surface area contributed by atoms with Crippen LogP contribution >= 0.6 is 0 Å². The lowest BCUT2D eigenvalue weighted by molar-refractivity contribution is -0.143. The molecule has 9 atom stereocenters. The van der Waals surface area contributed by atoms with Crippen molar-refractivity contribution in [2.45, 2.75) is 172 Å². The summed E-state index contributed by atoms with van der Waals surface area (Å²) in [4.78, 5) is 165. The van der Waals surface area contributed by atoms with Crippen molar-refractivity contribution in [1.29, 1.82) is 0 Å². The number of likely N-dealkylation sites (tertiary alicyclic amines) is 1. The van der Waals surface area contributed by atoms with Gasteiger partial charge in [0.2, 0.25) is 47.3 Å². The minimum Gasteiger partial charge on any atom is -0.481 e. The van der Waals surface area contributed by atoms with Crippen LogP contribution in [0, 0.1) is 11.8 Å². The first-order valence-corrected chi connectivity index (χ1v) is 25.1. The van der Waals surface area contributed by atoms with Crippen molar-refractivity contribution in [1.82, 2.24) is 42.1 Å². The van der Waals surface area contributed by atoms with Gasteiger partial charge in [-0.15, -0.1) is 0 Å². The number of nitrogens with zero attached hydrogens (tertiary/aromatic N) is 3. The monoisotopic (exact) mass is 1100 g/mol. The topological polar surface area (TPSA) is 528 Å². The Kier molecular flexibility index (Phi) is 29.6. The average molecular weight is 1100 g/mol. The molecule has 1 fully saturated rings. The number of carbonyl (C=O) groups excluding carboxylic acids is 8. The summed E-state index contributed by atoms with van der Waals surface area (Å²) in [5.74, 6) is -14.1. The van der Waals surface area contributed by atoms with Crippen molar-refractivity contribution < 1.29 is 78.0 Å². The molecule has 31 nitrogen and oxygen atoms in total. The summed E-state index contributed by atoms with van der Waals surface area (Å²) >= 11 is 0.